The van der Waals surface area contributed by atoms with Crippen LogP contribution in [0.3, 0.4) is 0 Å². The second-order valence-electron chi connectivity index (χ2n) is 5.51. The standard InChI is InChI=1S/C15H20ClN3/c1-11(18(2)12-7-8-12)10-19-14-6-4-3-5-13(14)17-15(19)9-16/h3-6,11-12H,7-10H2,1-2H3. The number of hydrogen-bond donors (Lipinski definition) is 0. The maximum absolute atomic E-state index is 6.04. The lowest BCUT2D eigenvalue weighted by atomic mass is 10.2. The van der Waals surface area contributed by atoms with Crippen LogP contribution in [0.15, 0.2) is 24.3 Å². The number of fused-ring (bicyclic) bond motifs is 1. The molecule has 2 aromatic rings. The van der Waals surface area contributed by atoms with Crippen molar-refractivity contribution in [3.8, 4) is 0 Å². The van der Waals surface area contributed by atoms with Crippen LogP contribution in [0.4, 0.5) is 0 Å². The summed E-state index contributed by atoms with van der Waals surface area (Å²) in [7, 11) is 2.22. The lowest BCUT2D eigenvalue weighted by Crippen LogP contribution is -2.34. The summed E-state index contributed by atoms with van der Waals surface area (Å²) in [6.45, 7) is 3.24. The van der Waals surface area contributed by atoms with E-state index in [1.54, 1.807) is 0 Å². The Kier molecular flexibility index (Phi) is 3.50. The third-order valence-corrected chi connectivity index (χ3v) is 4.36. The van der Waals surface area contributed by atoms with E-state index in [-0.39, 0.29) is 0 Å². The molecule has 102 valence electrons. The summed E-state index contributed by atoms with van der Waals surface area (Å²) < 4.78 is 2.27. The van der Waals surface area contributed by atoms with E-state index in [2.05, 4.69) is 46.6 Å². The number of hydrogen-bond acceptors (Lipinski definition) is 2. The van der Waals surface area contributed by atoms with E-state index in [4.69, 9.17) is 11.6 Å². The maximum atomic E-state index is 6.04. The van der Waals surface area contributed by atoms with Crippen LogP contribution in [0.2, 0.25) is 0 Å². The summed E-state index contributed by atoms with van der Waals surface area (Å²) in [5, 5.41) is 0. The zero-order valence-corrected chi connectivity index (χ0v) is 12.3. The van der Waals surface area contributed by atoms with E-state index < -0.39 is 0 Å². The van der Waals surface area contributed by atoms with Gasteiger partial charge in [-0.05, 0) is 38.9 Å². The summed E-state index contributed by atoms with van der Waals surface area (Å²) in [4.78, 5) is 7.10. The number of likely N-dealkylation sites (N-methyl/N-ethyl adjacent to an activating group) is 1. The number of para-hydroxylation sites is 2. The first-order chi connectivity index (χ1) is 9.20. The van der Waals surface area contributed by atoms with Gasteiger partial charge >= 0.3 is 0 Å². The van der Waals surface area contributed by atoms with Crippen LogP contribution in [0, 0.1) is 0 Å². The van der Waals surface area contributed by atoms with Crippen molar-refractivity contribution < 1.29 is 0 Å². The van der Waals surface area contributed by atoms with Gasteiger partial charge in [0, 0.05) is 18.6 Å². The summed E-state index contributed by atoms with van der Waals surface area (Å²) in [6, 6.07) is 9.56. The first-order valence-electron chi connectivity index (χ1n) is 6.92. The van der Waals surface area contributed by atoms with Crippen molar-refractivity contribution >= 4 is 22.6 Å². The van der Waals surface area contributed by atoms with Gasteiger partial charge in [-0.15, -0.1) is 11.6 Å². The highest BCUT2D eigenvalue weighted by Gasteiger charge is 2.29. The first kappa shape index (κ1) is 12.9. The fourth-order valence-corrected chi connectivity index (χ4v) is 2.87. The molecule has 0 spiro atoms. The topological polar surface area (TPSA) is 21.1 Å². The van der Waals surface area contributed by atoms with Crippen LogP contribution in [0.25, 0.3) is 11.0 Å². The van der Waals surface area contributed by atoms with Crippen LogP contribution < -0.4 is 0 Å². The highest BCUT2D eigenvalue weighted by Crippen LogP contribution is 2.28. The minimum absolute atomic E-state index is 0.467. The highest BCUT2D eigenvalue weighted by atomic mass is 35.5. The summed E-state index contributed by atoms with van der Waals surface area (Å²) in [5.74, 6) is 1.44. The number of rotatable bonds is 5. The molecule has 1 atom stereocenters. The van der Waals surface area contributed by atoms with Gasteiger partial charge in [0.2, 0.25) is 0 Å². The number of benzene rings is 1. The summed E-state index contributed by atoms with van der Waals surface area (Å²) in [5.41, 5.74) is 2.23. The predicted octanol–water partition coefficient (Wildman–Crippen LogP) is 3.26. The van der Waals surface area contributed by atoms with Crippen LogP contribution >= 0.6 is 11.6 Å². The smallest absolute Gasteiger partial charge is 0.124 e. The monoisotopic (exact) mass is 277 g/mol. The second kappa shape index (κ2) is 5.14. The number of halogens is 1. The Labute approximate surface area is 119 Å². The molecule has 1 saturated carbocycles. The van der Waals surface area contributed by atoms with E-state index in [0.717, 1.165) is 23.9 Å². The largest absolute Gasteiger partial charge is 0.325 e. The molecule has 0 amide bonds. The van der Waals surface area contributed by atoms with Gasteiger partial charge in [-0.1, -0.05) is 12.1 Å². The Morgan fingerprint density at radius 3 is 2.84 bits per heavy atom. The van der Waals surface area contributed by atoms with Gasteiger partial charge in [-0.25, -0.2) is 4.98 Å². The normalized spacial score (nSPS) is 17.3. The van der Waals surface area contributed by atoms with Crippen LogP contribution in [-0.4, -0.2) is 33.6 Å². The Morgan fingerprint density at radius 2 is 2.16 bits per heavy atom. The molecule has 1 aliphatic rings. The lowest BCUT2D eigenvalue weighted by Gasteiger charge is -2.25. The second-order valence-corrected chi connectivity index (χ2v) is 5.77. The first-order valence-corrected chi connectivity index (χ1v) is 7.46. The molecule has 1 heterocycles. The zero-order valence-electron chi connectivity index (χ0n) is 11.5. The minimum Gasteiger partial charge on any atom is -0.325 e. The Balaban J connectivity index is 1.90. The lowest BCUT2D eigenvalue weighted by molar-refractivity contribution is 0.226. The van der Waals surface area contributed by atoms with Gasteiger partial charge in [0.15, 0.2) is 0 Å². The minimum atomic E-state index is 0.467. The molecule has 4 heteroatoms. The summed E-state index contributed by atoms with van der Waals surface area (Å²) in [6.07, 6.45) is 2.68. The maximum Gasteiger partial charge on any atom is 0.124 e. The number of nitrogens with zero attached hydrogens (tertiary/aromatic N) is 3. The van der Waals surface area contributed by atoms with Crippen molar-refractivity contribution in [2.45, 2.75) is 44.3 Å². The molecule has 0 bridgehead atoms. The van der Waals surface area contributed by atoms with Gasteiger partial charge in [0.25, 0.3) is 0 Å². The highest BCUT2D eigenvalue weighted by molar-refractivity contribution is 6.16. The van der Waals surface area contributed by atoms with Crippen LogP contribution in [0.1, 0.15) is 25.6 Å². The molecule has 0 radical (unpaired) electrons. The van der Waals surface area contributed by atoms with E-state index in [0.29, 0.717) is 11.9 Å². The summed E-state index contributed by atoms with van der Waals surface area (Å²) >= 11 is 6.04. The number of aromatic nitrogens is 2. The number of imidazole rings is 1. The van der Waals surface area contributed by atoms with E-state index in [9.17, 15) is 0 Å². The molecule has 1 unspecified atom stereocenters. The van der Waals surface area contributed by atoms with Crippen molar-refractivity contribution in [2.24, 2.45) is 0 Å². The van der Waals surface area contributed by atoms with Gasteiger partial charge in [0.1, 0.15) is 5.82 Å². The molecule has 0 saturated heterocycles. The average molecular weight is 278 g/mol. The Hall–Kier alpha value is -1.06. The van der Waals surface area contributed by atoms with Crippen LogP contribution in [0.5, 0.6) is 0 Å². The van der Waals surface area contributed by atoms with Gasteiger partial charge in [0.05, 0.1) is 16.9 Å². The molecule has 1 fully saturated rings. The van der Waals surface area contributed by atoms with Crippen molar-refractivity contribution in [1.82, 2.24) is 14.5 Å². The van der Waals surface area contributed by atoms with Crippen molar-refractivity contribution in [1.29, 1.82) is 0 Å². The van der Waals surface area contributed by atoms with Crippen molar-refractivity contribution in [3.05, 3.63) is 30.1 Å². The number of alkyl halides is 1. The fraction of sp³-hybridized carbons (Fsp3) is 0.533. The van der Waals surface area contributed by atoms with E-state index in [1.165, 1.54) is 18.4 Å². The third-order valence-electron chi connectivity index (χ3n) is 4.12. The van der Waals surface area contributed by atoms with E-state index in [1.807, 2.05) is 6.07 Å². The molecule has 3 nitrogen and oxygen atoms in total. The van der Waals surface area contributed by atoms with Crippen molar-refractivity contribution in [3.63, 3.8) is 0 Å². The quantitative estimate of drug-likeness (QED) is 0.782. The molecule has 1 aliphatic carbocycles. The van der Waals surface area contributed by atoms with Gasteiger partial charge < -0.3 is 4.57 Å². The van der Waals surface area contributed by atoms with Crippen molar-refractivity contribution in [2.75, 3.05) is 7.05 Å². The van der Waals surface area contributed by atoms with Gasteiger partial charge in [-0.3, -0.25) is 4.90 Å². The third kappa shape index (κ3) is 2.49. The SMILES string of the molecule is CC(Cn1c(CCl)nc2ccccc21)N(C)C1CC1. The van der Waals surface area contributed by atoms with E-state index >= 15 is 0 Å². The van der Waals surface area contributed by atoms with Gasteiger partial charge in [-0.2, -0.15) is 0 Å². The Bertz CT molecular complexity index is 574. The molecule has 1 aromatic carbocycles. The Morgan fingerprint density at radius 1 is 1.42 bits per heavy atom. The molecule has 0 N–H and O–H groups in total. The molecule has 1 aromatic heterocycles. The van der Waals surface area contributed by atoms with Crippen LogP contribution in [-0.2, 0) is 12.4 Å². The molecule has 19 heavy (non-hydrogen) atoms. The predicted molar refractivity (Wildman–Crippen MR) is 79.5 cm³/mol. The fourth-order valence-electron chi connectivity index (χ4n) is 2.67. The zero-order chi connectivity index (χ0) is 13.4. The molecule has 0 aliphatic heterocycles. The molecule has 3 rings (SSSR count). The molecular formula is C15H20ClN3. The average Bonchev–Trinajstić information content (AvgIpc) is 3.22. The molecular weight excluding hydrogens is 258 g/mol.